The second-order valence-electron chi connectivity index (χ2n) is 4.07. The Morgan fingerprint density at radius 2 is 2.14 bits per heavy atom. The first-order valence-electron chi connectivity index (χ1n) is 4.88. The van der Waals surface area contributed by atoms with Gasteiger partial charge in [0.25, 0.3) is 0 Å². The second-order valence-corrected chi connectivity index (χ2v) is 4.07. The zero-order chi connectivity index (χ0) is 10.3. The van der Waals surface area contributed by atoms with Gasteiger partial charge >= 0.3 is 0 Å². The third-order valence-corrected chi connectivity index (χ3v) is 3.16. The highest BCUT2D eigenvalue weighted by molar-refractivity contribution is 5.88. The lowest BCUT2D eigenvalue weighted by Gasteiger charge is -2.32. The van der Waals surface area contributed by atoms with E-state index in [4.69, 9.17) is 0 Å². The van der Waals surface area contributed by atoms with Gasteiger partial charge in [-0.1, -0.05) is 19.1 Å². The first kappa shape index (κ1) is 9.38. The minimum atomic E-state index is -0.172. The first-order chi connectivity index (χ1) is 6.59. The molecule has 1 aromatic carbocycles. The summed E-state index contributed by atoms with van der Waals surface area (Å²) in [5.41, 5.74) is 1.62. The maximum Gasteiger partial charge on any atom is 0.136 e. The molecular formula is C12H13FO. The van der Waals surface area contributed by atoms with E-state index in [1.54, 1.807) is 19.1 Å². The number of rotatable bonds is 1. The van der Waals surface area contributed by atoms with Crippen molar-refractivity contribution >= 4 is 5.78 Å². The maximum atomic E-state index is 13.2. The van der Waals surface area contributed by atoms with Gasteiger partial charge in [0, 0.05) is 18.3 Å². The van der Waals surface area contributed by atoms with Crippen LogP contribution in [0, 0.1) is 18.7 Å². The Labute approximate surface area is 82.9 Å². The zero-order valence-electron chi connectivity index (χ0n) is 8.38. The number of carbonyl (C=O) groups is 1. The van der Waals surface area contributed by atoms with E-state index in [0.29, 0.717) is 12.0 Å². The van der Waals surface area contributed by atoms with Crippen LogP contribution in [0.15, 0.2) is 18.2 Å². The summed E-state index contributed by atoms with van der Waals surface area (Å²) in [5, 5.41) is 0. The number of halogens is 1. The Morgan fingerprint density at radius 1 is 1.43 bits per heavy atom. The fourth-order valence-electron chi connectivity index (χ4n) is 1.89. The van der Waals surface area contributed by atoms with Crippen LogP contribution in [0.5, 0.6) is 0 Å². The van der Waals surface area contributed by atoms with Crippen molar-refractivity contribution in [1.29, 1.82) is 0 Å². The normalized spacial score (nSPS) is 26.1. The topological polar surface area (TPSA) is 17.1 Å². The van der Waals surface area contributed by atoms with E-state index in [2.05, 4.69) is 0 Å². The summed E-state index contributed by atoms with van der Waals surface area (Å²) in [4.78, 5) is 11.1. The van der Waals surface area contributed by atoms with Crippen LogP contribution in [-0.4, -0.2) is 5.78 Å². The molecule has 0 aliphatic heterocycles. The molecule has 1 aliphatic carbocycles. The summed E-state index contributed by atoms with van der Waals surface area (Å²) in [7, 11) is 0. The van der Waals surface area contributed by atoms with E-state index < -0.39 is 0 Å². The van der Waals surface area contributed by atoms with Gasteiger partial charge in [0.2, 0.25) is 0 Å². The molecule has 1 fully saturated rings. The number of hydrogen-bond acceptors (Lipinski definition) is 1. The molecule has 0 aromatic heterocycles. The number of aryl methyl sites for hydroxylation is 1. The standard InChI is InChI=1S/C12H13FO/c1-7-3-4-9(5-11(7)13)10-6-12(14)8(10)2/h3-5,8,10H,6H2,1-2H3. The second kappa shape index (κ2) is 3.19. The van der Waals surface area contributed by atoms with Crippen LogP contribution in [-0.2, 0) is 4.79 Å². The van der Waals surface area contributed by atoms with Crippen LogP contribution in [0.2, 0.25) is 0 Å². The summed E-state index contributed by atoms with van der Waals surface area (Å²) in [6.45, 7) is 3.66. The van der Waals surface area contributed by atoms with Crippen LogP contribution >= 0.6 is 0 Å². The van der Waals surface area contributed by atoms with Gasteiger partial charge in [-0.15, -0.1) is 0 Å². The van der Waals surface area contributed by atoms with Crippen LogP contribution in [0.1, 0.15) is 30.4 Å². The molecule has 0 amide bonds. The predicted octanol–water partition coefficient (Wildman–Crippen LogP) is 2.83. The van der Waals surface area contributed by atoms with Crippen molar-refractivity contribution in [3.05, 3.63) is 35.1 Å². The van der Waals surface area contributed by atoms with Gasteiger partial charge in [-0.25, -0.2) is 4.39 Å². The highest BCUT2D eigenvalue weighted by Crippen LogP contribution is 2.39. The molecular weight excluding hydrogens is 179 g/mol. The van der Waals surface area contributed by atoms with Crippen LogP contribution in [0.4, 0.5) is 4.39 Å². The molecule has 2 atom stereocenters. The SMILES string of the molecule is Cc1ccc(C2CC(=O)C2C)cc1F. The third kappa shape index (κ3) is 1.35. The predicted molar refractivity (Wildman–Crippen MR) is 52.7 cm³/mol. The first-order valence-corrected chi connectivity index (χ1v) is 4.88. The summed E-state index contributed by atoms with van der Waals surface area (Å²) < 4.78 is 13.2. The summed E-state index contributed by atoms with van der Waals surface area (Å²) in [6, 6.07) is 5.26. The van der Waals surface area contributed by atoms with Crippen molar-refractivity contribution in [1.82, 2.24) is 0 Å². The van der Waals surface area contributed by atoms with E-state index in [9.17, 15) is 9.18 Å². The summed E-state index contributed by atoms with van der Waals surface area (Å²) >= 11 is 0. The molecule has 74 valence electrons. The van der Waals surface area contributed by atoms with Gasteiger partial charge in [-0.05, 0) is 24.1 Å². The Morgan fingerprint density at radius 3 is 2.64 bits per heavy atom. The van der Waals surface area contributed by atoms with Gasteiger partial charge in [-0.3, -0.25) is 4.79 Å². The molecule has 1 aliphatic rings. The Kier molecular flexibility index (Phi) is 2.14. The lowest BCUT2D eigenvalue weighted by molar-refractivity contribution is -0.130. The van der Waals surface area contributed by atoms with E-state index in [-0.39, 0.29) is 23.4 Å². The largest absolute Gasteiger partial charge is 0.299 e. The molecule has 2 heteroatoms. The fraction of sp³-hybridized carbons (Fsp3) is 0.417. The van der Waals surface area contributed by atoms with E-state index in [1.807, 2.05) is 13.0 Å². The van der Waals surface area contributed by atoms with Crippen molar-refractivity contribution in [2.24, 2.45) is 5.92 Å². The van der Waals surface area contributed by atoms with Gasteiger partial charge in [0.1, 0.15) is 11.6 Å². The highest BCUT2D eigenvalue weighted by atomic mass is 19.1. The third-order valence-electron chi connectivity index (χ3n) is 3.16. The molecule has 1 nitrogen and oxygen atoms in total. The van der Waals surface area contributed by atoms with Crippen molar-refractivity contribution in [2.45, 2.75) is 26.2 Å². The molecule has 2 unspecified atom stereocenters. The molecule has 0 heterocycles. The monoisotopic (exact) mass is 192 g/mol. The molecule has 14 heavy (non-hydrogen) atoms. The number of benzene rings is 1. The number of carbonyl (C=O) groups excluding carboxylic acids is 1. The Bertz CT molecular complexity index is 384. The molecule has 0 N–H and O–H groups in total. The summed E-state index contributed by atoms with van der Waals surface area (Å²) in [5.74, 6) is 0.416. The number of ketones is 1. The van der Waals surface area contributed by atoms with Crippen molar-refractivity contribution in [3.8, 4) is 0 Å². The zero-order valence-corrected chi connectivity index (χ0v) is 8.38. The average Bonchev–Trinajstić information content (AvgIpc) is 2.18. The molecule has 1 saturated carbocycles. The molecule has 0 bridgehead atoms. The van der Waals surface area contributed by atoms with E-state index in [1.165, 1.54) is 0 Å². The number of Topliss-reactive ketones (excluding diaryl/α,β-unsaturated/α-hetero) is 1. The Balaban J connectivity index is 2.26. The van der Waals surface area contributed by atoms with Gasteiger partial charge in [0.15, 0.2) is 0 Å². The lowest BCUT2D eigenvalue weighted by Crippen LogP contribution is -2.32. The molecule has 1 aromatic rings. The van der Waals surface area contributed by atoms with Gasteiger partial charge in [-0.2, -0.15) is 0 Å². The highest BCUT2D eigenvalue weighted by Gasteiger charge is 2.36. The number of hydrogen-bond donors (Lipinski definition) is 0. The van der Waals surface area contributed by atoms with Crippen LogP contribution < -0.4 is 0 Å². The maximum absolute atomic E-state index is 13.2. The van der Waals surface area contributed by atoms with Crippen LogP contribution in [0.25, 0.3) is 0 Å². The van der Waals surface area contributed by atoms with Gasteiger partial charge < -0.3 is 0 Å². The van der Waals surface area contributed by atoms with Gasteiger partial charge in [0.05, 0.1) is 0 Å². The minimum absolute atomic E-state index is 0.0668. The quantitative estimate of drug-likeness (QED) is 0.668. The fourth-order valence-corrected chi connectivity index (χ4v) is 1.89. The van der Waals surface area contributed by atoms with Crippen molar-refractivity contribution < 1.29 is 9.18 Å². The van der Waals surface area contributed by atoms with Crippen LogP contribution in [0.3, 0.4) is 0 Å². The van der Waals surface area contributed by atoms with Crippen molar-refractivity contribution in [3.63, 3.8) is 0 Å². The average molecular weight is 192 g/mol. The molecule has 0 spiro atoms. The minimum Gasteiger partial charge on any atom is -0.299 e. The van der Waals surface area contributed by atoms with Crippen molar-refractivity contribution in [2.75, 3.05) is 0 Å². The molecule has 0 saturated heterocycles. The smallest absolute Gasteiger partial charge is 0.136 e. The van der Waals surface area contributed by atoms with E-state index in [0.717, 1.165) is 5.56 Å². The Hall–Kier alpha value is -1.18. The molecule has 2 rings (SSSR count). The van der Waals surface area contributed by atoms with E-state index >= 15 is 0 Å². The molecule has 0 radical (unpaired) electrons. The lowest BCUT2D eigenvalue weighted by atomic mass is 9.70. The summed E-state index contributed by atoms with van der Waals surface area (Å²) in [6.07, 6.45) is 0.573.